The molecule has 8 heterocycles. The number of nitrogens with zero attached hydrogens (tertiary/aromatic N) is 9. The lowest BCUT2D eigenvalue weighted by molar-refractivity contribution is -0.0440. The highest BCUT2D eigenvalue weighted by Crippen LogP contribution is 2.36. The summed E-state index contributed by atoms with van der Waals surface area (Å²) in [5.74, 6) is -1.44. The summed E-state index contributed by atoms with van der Waals surface area (Å²) in [7, 11) is -14.6. The van der Waals surface area contributed by atoms with Crippen molar-refractivity contribution in [2.24, 2.45) is 0 Å². The van der Waals surface area contributed by atoms with Crippen LogP contribution in [0.5, 0.6) is 0 Å². The zero-order valence-electron chi connectivity index (χ0n) is 72.1. The Morgan fingerprint density at radius 3 is 0.894 bits per heavy atom. The largest absolute Gasteiger partial charge is 0.395 e. The monoisotopic (exact) mass is 1940 g/mol. The van der Waals surface area contributed by atoms with Gasteiger partial charge in [-0.05, 0) is 259 Å². The maximum absolute atomic E-state index is 13.0. The summed E-state index contributed by atoms with van der Waals surface area (Å²) in [5.41, 5.74) is 9.12. The van der Waals surface area contributed by atoms with Crippen LogP contribution in [-0.2, 0) is 44.8 Å². The van der Waals surface area contributed by atoms with E-state index in [9.17, 15) is 58.0 Å². The summed E-state index contributed by atoms with van der Waals surface area (Å²) >= 11 is 25.2. The molecule has 4 aliphatic heterocycles. The molecule has 29 nitrogen and oxygen atoms in total. The molecule has 4 atom stereocenters. The number of benzene rings is 8. The zero-order chi connectivity index (χ0) is 94.0. The molecule has 0 aliphatic carbocycles. The Morgan fingerprint density at radius 2 is 0.629 bits per heavy atom. The van der Waals surface area contributed by atoms with Crippen LogP contribution < -0.4 is 26.6 Å². The maximum atomic E-state index is 13.0. The standard InChI is InChI=1S/C24H25ClN4O4S.C24H25ClN4O3S.C24H24ClN3O4S.C23H22ClN3O4S/c25-22-9-6-19(17-21(22)23-3-1-2-10-26-23)27-24(31)18-4-7-20(8-5-18)34(32,33)29-13-11-28(12-14-29)15-16-30;1-16-14-29(15-17(2)27-16)33(31,32)20-9-6-18(7-10-20)24(30)28-19-8-11-22(25)21(13-19)23-5-3-4-12-26-23;1-16-14-28(15-17(2)32-16)33(30,31)20-9-6-18(7-10-20)24(29)27-19-8-11-22(25)21(13-19)23-5-3-4-12-26-23;24-21-9-6-17(15-20(21)22-3-1-2-12-25-22)26-23(29)16-4-7-19(8-5-16)32(30,31)27-13-10-18(28)11-14-27/h1-10,17,30H,11-16H2,(H,27,31);3-13,16-17,27H,14-15H2,1-2H3,(H,28,30);3-13,16-17H,14-15H2,1-2H3,(H,27,29);1-9,12,15,18,28H,10-11,13-14H2,(H,26,29). The highest BCUT2D eigenvalue weighted by Gasteiger charge is 2.36. The van der Waals surface area contributed by atoms with Crippen LogP contribution >= 0.6 is 46.4 Å². The number of hydrogen-bond acceptors (Lipinski definition) is 21. The molecule has 4 aromatic heterocycles. The minimum Gasteiger partial charge on any atom is -0.395 e. The van der Waals surface area contributed by atoms with Gasteiger partial charge >= 0.3 is 0 Å². The molecule has 0 bridgehead atoms. The number of aliphatic hydroxyl groups is 2. The summed E-state index contributed by atoms with van der Waals surface area (Å²) < 4.78 is 115. The molecule has 0 spiro atoms. The van der Waals surface area contributed by atoms with E-state index in [0.29, 0.717) is 182 Å². The number of halogens is 4. The van der Waals surface area contributed by atoms with E-state index in [1.54, 1.807) is 97.6 Å². The van der Waals surface area contributed by atoms with Crippen molar-refractivity contribution in [3.05, 3.63) is 310 Å². The molecule has 132 heavy (non-hydrogen) atoms. The number of piperidine rings is 1. The summed E-state index contributed by atoms with van der Waals surface area (Å²) in [5, 5.41) is 35.4. The Labute approximate surface area is 787 Å². The van der Waals surface area contributed by atoms with Crippen LogP contribution in [0.3, 0.4) is 0 Å². The number of morpholine rings is 1. The van der Waals surface area contributed by atoms with Gasteiger partial charge in [-0.3, -0.25) is 44.0 Å². The first-order valence-electron chi connectivity index (χ1n) is 42.1. The number of sulfonamides is 4. The SMILES string of the molecule is CC1CN(S(=O)(=O)c2ccc(C(=O)Nc3ccc(Cl)c(-c4ccccn4)c3)cc2)CC(C)N1.CC1CN(S(=O)(=O)c2ccc(C(=O)Nc3ccc(Cl)c(-c4ccccn4)c3)cc2)CC(C)O1.O=C(Nc1ccc(Cl)c(-c2ccccn2)c1)c1ccc(S(=O)(=O)N2CCC(O)CC2)cc1.O=C(Nc1ccc(Cl)c(-c2ccccn2)c1)c1ccc(S(=O)(=O)N2CCN(CCO)CC2)cc1. The van der Waals surface area contributed by atoms with E-state index >= 15 is 0 Å². The van der Waals surface area contributed by atoms with E-state index < -0.39 is 46.2 Å². The highest BCUT2D eigenvalue weighted by atomic mass is 35.5. The van der Waals surface area contributed by atoms with Gasteiger partial charge < -0.3 is 41.5 Å². The van der Waals surface area contributed by atoms with Crippen LogP contribution in [0.15, 0.2) is 287 Å². The molecule has 4 saturated heterocycles. The number of amides is 4. The predicted molar refractivity (Wildman–Crippen MR) is 512 cm³/mol. The Hall–Kier alpha value is -11.2. The van der Waals surface area contributed by atoms with Crippen molar-refractivity contribution in [2.45, 2.75) is 90.5 Å². The number of rotatable bonds is 22. The van der Waals surface area contributed by atoms with Gasteiger partial charge in [0, 0.05) is 176 Å². The van der Waals surface area contributed by atoms with Crippen molar-refractivity contribution in [1.82, 2.24) is 47.4 Å². The Balaban J connectivity index is 0.000000150. The van der Waals surface area contributed by atoms with Crippen molar-refractivity contribution in [1.29, 1.82) is 0 Å². The quantitative estimate of drug-likeness (QED) is 0.0331. The van der Waals surface area contributed by atoms with Gasteiger partial charge in [0.1, 0.15) is 0 Å². The van der Waals surface area contributed by atoms with Crippen LogP contribution in [0, 0.1) is 0 Å². The Bertz CT molecular complexity index is 6320. The lowest BCUT2D eigenvalue weighted by atomic mass is 10.1. The molecular weight excluding hydrogens is 1850 g/mol. The van der Waals surface area contributed by atoms with Crippen molar-refractivity contribution in [2.75, 3.05) is 99.9 Å². The van der Waals surface area contributed by atoms with E-state index in [0.717, 1.165) is 0 Å². The molecule has 8 aromatic carbocycles. The van der Waals surface area contributed by atoms with Crippen LogP contribution in [0.4, 0.5) is 22.7 Å². The second-order valence-corrected chi connectivity index (χ2v) is 40.9. The molecular formula is C95H96Cl4N14O15S4. The minimum atomic E-state index is -3.67. The van der Waals surface area contributed by atoms with Gasteiger partial charge in [-0.15, -0.1) is 0 Å². The fraction of sp³-hybridized carbons (Fsp3) is 0.242. The smallest absolute Gasteiger partial charge is 0.255 e. The van der Waals surface area contributed by atoms with E-state index in [-0.39, 0.29) is 87.2 Å². The molecule has 4 fully saturated rings. The third kappa shape index (κ3) is 25.2. The number of piperazine rings is 2. The Morgan fingerprint density at radius 1 is 0.364 bits per heavy atom. The van der Waals surface area contributed by atoms with Crippen molar-refractivity contribution < 1.29 is 67.8 Å². The normalized spacial score (nSPS) is 17.3. The van der Waals surface area contributed by atoms with Gasteiger partial charge in [-0.2, -0.15) is 17.2 Å². The second-order valence-electron chi connectivity index (χ2n) is 31.5. The van der Waals surface area contributed by atoms with Crippen molar-refractivity contribution in [3.63, 3.8) is 0 Å². The number of β-amino-alcohol motifs (C(OH)–C–C–N with tert-alkyl or cyclic N) is 1. The number of aliphatic hydroxyl groups excluding tert-OH is 2. The van der Waals surface area contributed by atoms with Crippen LogP contribution in [0.1, 0.15) is 82.0 Å². The topological polar surface area (TPSA) is 382 Å². The van der Waals surface area contributed by atoms with Crippen molar-refractivity contribution in [3.8, 4) is 45.0 Å². The molecule has 7 N–H and O–H groups in total. The molecule has 12 aromatic rings. The number of pyridine rings is 4. The number of anilines is 4. The third-order valence-electron chi connectivity index (χ3n) is 21.8. The molecule has 4 aliphatic rings. The zero-order valence-corrected chi connectivity index (χ0v) is 78.4. The van der Waals surface area contributed by atoms with Gasteiger partial charge in [-0.25, -0.2) is 33.7 Å². The van der Waals surface area contributed by atoms with Crippen molar-refractivity contribution >= 4 is 133 Å². The molecule has 4 amide bonds. The van der Waals surface area contributed by atoms with E-state index in [1.165, 1.54) is 114 Å². The molecule has 688 valence electrons. The lowest BCUT2D eigenvalue weighted by Gasteiger charge is -2.35. The first-order valence-corrected chi connectivity index (χ1v) is 49.4. The molecule has 37 heteroatoms. The van der Waals surface area contributed by atoms with Crippen LogP contribution in [0.25, 0.3) is 45.0 Å². The minimum absolute atomic E-state index is 0.0523. The lowest BCUT2D eigenvalue weighted by Crippen LogP contribution is -2.55. The Kier molecular flexibility index (Phi) is 33.2. The first kappa shape index (κ1) is 98.3. The summed E-state index contributed by atoms with van der Waals surface area (Å²) in [6.45, 7) is 12.0. The average molecular weight is 1940 g/mol. The number of carbonyl (C=O) groups excluding carboxylic acids is 4. The van der Waals surface area contributed by atoms with E-state index in [4.69, 9.17) is 56.2 Å². The van der Waals surface area contributed by atoms with Gasteiger partial charge in [0.05, 0.1) is 87.4 Å². The summed E-state index contributed by atoms with van der Waals surface area (Å²) in [4.78, 5) is 70.8. The van der Waals surface area contributed by atoms with Gasteiger partial charge in [0.2, 0.25) is 40.1 Å². The van der Waals surface area contributed by atoms with Crippen LogP contribution in [-0.4, -0.2) is 219 Å². The molecule has 16 rings (SSSR count). The number of ether oxygens (including phenoxy) is 1. The van der Waals surface area contributed by atoms with E-state index in [1.807, 2.05) is 105 Å². The number of nitrogens with one attached hydrogen (secondary N) is 5. The van der Waals surface area contributed by atoms with Gasteiger partial charge in [-0.1, -0.05) is 70.7 Å². The summed E-state index contributed by atoms with van der Waals surface area (Å²) in [6.07, 6.45) is 6.70. The highest BCUT2D eigenvalue weighted by molar-refractivity contribution is 7.90. The predicted octanol–water partition coefficient (Wildman–Crippen LogP) is 15.2. The molecule has 4 unspecified atom stereocenters. The van der Waals surface area contributed by atoms with Gasteiger partial charge in [0.15, 0.2) is 0 Å². The fourth-order valence-electron chi connectivity index (χ4n) is 15.0. The third-order valence-corrected chi connectivity index (χ3v) is 30.6. The molecule has 0 saturated carbocycles. The van der Waals surface area contributed by atoms with Crippen LogP contribution in [0.2, 0.25) is 20.1 Å². The first-order chi connectivity index (χ1) is 63.2. The van der Waals surface area contributed by atoms with Gasteiger partial charge in [0.25, 0.3) is 23.6 Å². The number of carbonyl (C=O) groups is 4. The fourth-order valence-corrected chi connectivity index (χ4v) is 22.0. The average Bonchev–Trinajstić information content (AvgIpc) is 0.797. The van der Waals surface area contributed by atoms with E-state index in [2.05, 4.69) is 46.5 Å². The second kappa shape index (κ2) is 44.6. The number of hydrogen-bond donors (Lipinski definition) is 7. The maximum Gasteiger partial charge on any atom is 0.255 e. The summed E-state index contributed by atoms with van der Waals surface area (Å²) in [6, 6.07) is 66.4. The molecule has 0 radical (unpaired) electrons. The number of aromatic nitrogens is 4.